The van der Waals surface area contributed by atoms with Crippen molar-refractivity contribution in [3.63, 3.8) is 0 Å². The van der Waals surface area contributed by atoms with E-state index in [2.05, 4.69) is 60.7 Å². The maximum absolute atomic E-state index is 12.1. The van der Waals surface area contributed by atoms with Crippen LogP contribution >= 0.6 is 0 Å². The van der Waals surface area contributed by atoms with E-state index in [4.69, 9.17) is 4.43 Å². The van der Waals surface area contributed by atoms with Crippen molar-refractivity contribution >= 4 is 14.1 Å². The first-order chi connectivity index (χ1) is 11.4. The quantitative estimate of drug-likeness (QED) is 0.427. The molecule has 0 aromatic heterocycles. The fourth-order valence-corrected chi connectivity index (χ4v) is 5.53. The predicted molar refractivity (Wildman–Crippen MR) is 109 cm³/mol. The summed E-state index contributed by atoms with van der Waals surface area (Å²) in [6.45, 7) is 19.5. The molecule has 1 fully saturated rings. The second kappa shape index (κ2) is 7.68. The highest BCUT2D eigenvalue weighted by atomic mass is 28.4. The molecule has 3 heteroatoms. The normalized spacial score (nSPS) is 29.4. The Hall–Kier alpha value is -0.413. The molecule has 0 radical (unpaired) electrons. The average Bonchev–Trinajstić information content (AvgIpc) is 2.46. The first kappa shape index (κ1) is 20.9. The van der Waals surface area contributed by atoms with Crippen molar-refractivity contribution < 1.29 is 9.22 Å². The molecule has 2 aliphatic carbocycles. The zero-order valence-corrected chi connectivity index (χ0v) is 18.8. The number of carbonyl (C=O) groups is 1. The van der Waals surface area contributed by atoms with Gasteiger partial charge in [0, 0.05) is 19.4 Å². The summed E-state index contributed by atoms with van der Waals surface area (Å²) in [5, 5.41) is 0.250. The lowest BCUT2D eigenvalue weighted by Gasteiger charge is -2.45. The highest BCUT2D eigenvalue weighted by Crippen LogP contribution is 2.47. The van der Waals surface area contributed by atoms with Gasteiger partial charge in [-0.1, -0.05) is 46.3 Å². The summed E-state index contributed by atoms with van der Waals surface area (Å²) in [4.78, 5) is 12.1. The lowest BCUT2D eigenvalue weighted by molar-refractivity contribution is -0.123. The number of hydrogen-bond donors (Lipinski definition) is 0. The second-order valence-corrected chi connectivity index (χ2v) is 15.3. The molecule has 144 valence electrons. The molecular formula is C22H40O2Si. The minimum Gasteiger partial charge on any atom is -0.417 e. The molecule has 2 nitrogen and oxygen atoms in total. The Kier molecular flexibility index (Phi) is 6.42. The van der Waals surface area contributed by atoms with E-state index in [1.54, 1.807) is 0 Å². The number of rotatable bonds is 5. The van der Waals surface area contributed by atoms with Gasteiger partial charge < -0.3 is 4.43 Å². The van der Waals surface area contributed by atoms with Crippen molar-refractivity contribution in [2.24, 2.45) is 29.6 Å². The Morgan fingerprint density at radius 1 is 1.24 bits per heavy atom. The van der Waals surface area contributed by atoms with Crippen LogP contribution in [0.2, 0.25) is 18.1 Å². The number of allylic oxidation sites excluding steroid dienone is 2. The lowest BCUT2D eigenvalue weighted by atomic mass is 9.61. The Balaban J connectivity index is 2.18. The third kappa shape index (κ3) is 4.85. The first-order valence-electron chi connectivity index (χ1n) is 10.3. The van der Waals surface area contributed by atoms with E-state index >= 15 is 0 Å². The number of hydrogen-bond acceptors (Lipinski definition) is 2. The minimum atomic E-state index is -1.73. The van der Waals surface area contributed by atoms with E-state index < -0.39 is 8.32 Å². The van der Waals surface area contributed by atoms with Gasteiger partial charge in [0.15, 0.2) is 8.32 Å². The molecule has 4 atom stereocenters. The van der Waals surface area contributed by atoms with Crippen LogP contribution in [0.15, 0.2) is 11.6 Å². The molecule has 0 aromatic rings. The van der Waals surface area contributed by atoms with Gasteiger partial charge in [0.25, 0.3) is 0 Å². The fourth-order valence-electron chi connectivity index (χ4n) is 4.49. The van der Waals surface area contributed by atoms with Crippen LogP contribution in [0.4, 0.5) is 0 Å². The van der Waals surface area contributed by atoms with Gasteiger partial charge in [0.05, 0.1) is 0 Å². The summed E-state index contributed by atoms with van der Waals surface area (Å²) >= 11 is 0. The van der Waals surface area contributed by atoms with E-state index in [9.17, 15) is 4.79 Å². The summed E-state index contributed by atoms with van der Waals surface area (Å²) in [5.74, 6) is 3.39. The van der Waals surface area contributed by atoms with Crippen LogP contribution in [-0.4, -0.2) is 20.7 Å². The van der Waals surface area contributed by atoms with Crippen LogP contribution in [0.1, 0.15) is 67.2 Å². The van der Waals surface area contributed by atoms with Crippen LogP contribution in [0, 0.1) is 29.6 Å². The van der Waals surface area contributed by atoms with E-state index in [0.29, 0.717) is 35.4 Å². The average molecular weight is 365 g/mol. The molecule has 1 saturated carbocycles. The maximum Gasteiger partial charge on any atom is 0.191 e. The first-order valence-corrected chi connectivity index (χ1v) is 13.2. The molecule has 0 spiro atoms. The molecule has 1 unspecified atom stereocenters. The van der Waals surface area contributed by atoms with Gasteiger partial charge in [-0.05, 0) is 67.5 Å². The Morgan fingerprint density at radius 3 is 2.44 bits per heavy atom. The Labute approximate surface area is 156 Å². The molecule has 0 amide bonds. The molecule has 2 aliphatic rings. The number of Topliss-reactive ketones (excluding diaryl/α,β-unsaturated/α-hetero) is 1. The zero-order chi connectivity index (χ0) is 19.0. The molecule has 25 heavy (non-hydrogen) atoms. The van der Waals surface area contributed by atoms with Crippen molar-refractivity contribution in [3.05, 3.63) is 11.6 Å². The van der Waals surface area contributed by atoms with Crippen molar-refractivity contribution in [2.75, 3.05) is 6.61 Å². The number of ketones is 1. The van der Waals surface area contributed by atoms with E-state index in [0.717, 1.165) is 32.3 Å². The topological polar surface area (TPSA) is 26.3 Å². The van der Waals surface area contributed by atoms with Crippen LogP contribution in [0.25, 0.3) is 0 Å². The standard InChI is InChI=1S/C22H40O2Si/c1-15(2)21(14-24-25(7,8)22(4,5)6)20-12-16(3)11-17-9-10-18(23)13-19(17)20/h11,15,17,19-21H,9-10,12-14H2,1-8H3/t17-,19-,20+,21?/m0/s1. The summed E-state index contributed by atoms with van der Waals surface area (Å²) < 4.78 is 6.65. The zero-order valence-electron chi connectivity index (χ0n) is 17.8. The third-order valence-corrected chi connectivity index (χ3v) is 11.7. The Bertz CT molecular complexity index is 513. The van der Waals surface area contributed by atoms with Crippen LogP contribution in [0.3, 0.4) is 0 Å². The fraction of sp³-hybridized carbons (Fsp3) is 0.864. The largest absolute Gasteiger partial charge is 0.417 e. The van der Waals surface area contributed by atoms with Crippen LogP contribution < -0.4 is 0 Å². The van der Waals surface area contributed by atoms with Gasteiger partial charge in [-0.25, -0.2) is 0 Å². The SMILES string of the molecule is CC1=C[C@@H]2CCC(=O)C[C@@H]2[C@H](C(CO[Si](C)(C)C(C)(C)C)C(C)C)C1. The summed E-state index contributed by atoms with van der Waals surface area (Å²) in [6.07, 6.45) is 6.26. The molecule has 0 saturated heterocycles. The van der Waals surface area contributed by atoms with Crippen LogP contribution in [0.5, 0.6) is 0 Å². The molecule has 0 bridgehead atoms. The minimum absolute atomic E-state index is 0.250. The monoisotopic (exact) mass is 364 g/mol. The number of fused-ring (bicyclic) bond motifs is 1. The van der Waals surface area contributed by atoms with E-state index in [-0.39, 0.29) is 5.04 Å². The molecule has 2 rings (SSSR count). The van der Waals surface area contributed by atoms with Gasteiger partial charge in [0.2, 0.25) is 0 Å². The van der Waals surface area contributed by atoms with Crippen molar-refractivity contribution in [2.45, 2.75) is 85.4 Å². The van der Waals surface area contributed by atoms with Gasteiger partial charge in [0.1, 0.15) is 5.78 Å². The molecular weight excluding hydrogens is 324 g/mol. The second-order valence-electron chi connectivity index (χ2n) is 10.5. The summed E-state index contributed by atoms with van der Waals surface area (Å²) in [5.41, 5.74) is 1.53. The van der Waals surface area contributed by atoms with Gasteiger partial charge in [-0.2, -0.15) is 0 Å². The highest BCUT2D eigenvalue weighted by molar-refractivity contribution is 6.74. The van der Waals surface area contributed by atoms with Crippen LogP contribution in [-0.2, 0) is 9.22 Å². The smallest absolute Gasteiger partial charge is 0.191 e. The van der Waals surface area contributed by atoms with E-state index in [1.807, 2.05) is 0 Å². The summed E-state index contributed by atoms with van der Waals surface area (Å²) in [6, 6.07) is 0. The van der Waals surface area contributed by atoms with Gasteiger partial charge >= 0.3 is 0 Å². The molecule has 0 heterocycles. The maximum atomic E-state index is 12.1. The van der Waals surface area contributed by atoms with Crippen molar-refractivity contribution in [1.82, 2.24) is 0 Å². The Morgan fingerprint density at radius 2 is 1.88 bits per heavy atom. The molecule has 0 aromatic carbocycles. The predicted octanol–water partition coefficient (Wildman–Crippen LogP) is 6.23. The van der Waals surface area contributed by atoms with Crippen molar-refractivity contribution in [3.8, 4) is 0 Å². The van der Waals surface area contributed by atoms with Crippen molar-refractivity contribution in [1.29, 1.82) is 0 Å². The highest BCUT2D eigenvalue weighted by Gasteiger charge is 2.43. The molecule has 0 N–H and O–H groups in total. The summed E-state index contributed by atoms with van der Waals surface area (Å²) in [7, 11) is -1.73. The number of carbonyl (C=O) groups excluding carboxylic acids is 1. The molecule has 0 aliphatic heterocycles. The lowest BCUT2D eigenvalue weighted by Crippen LogP contribution is -2.45. The van der Waals surface area contributed by atoms with Gasteiger partial charge in [-0.3, -0.25) is 4.79 Å². The van der Waals surface area contributed by atoms with E-state index in [1.165, 1.54) is 5.57 Å². The van der Waals surface area contributed by atoms with Gasteiger partial charge in [-0.15, -0.1) is 0 Å². The third-order valence-electron chi connectivity index (χ3n) is 7.23.